The molecule has 0 aliphatic heterocycles. The van der Waals surface area contributed by atoms with E-state index in [9.17, 15) is 10.1 Å². The van der Waals surface area contributed by atoms with Crippen LogP contribution in [0.3, 0.4) is 0 Å². The maximum absolute atomic E-state index is 10.9. The summed E-state index contributed by atoms with van der Waals surface area (Å²) in [6, 6.07) is 5.02. The van der Waals surface area contributed by atoms with Gasteiger partial charge in [-0.3, -0.25) is 10.1 Å². The Morgan fingerprint density at radius 1 is 1.53 bits per heavy atom. The maximum Gasteiger partial charge on any atom is 0.311 e. The lowest BCUT2D eigenvalue weighted by Gasteiger charge is -2.31. The lowest BCUT2D eigenvalue weighted by atomic mass is 9.92. The topological polar surface area (TPSA) is 72.6 Å². The molecular weight excluding hydrogens is 222 g/mol. The van der Waals surface area contributed by atoms with E-state index in [1.165, 1.54) is 0 Å². The number of hydrogen-bond donors (Lipinski definition) is 1. The number of ether oxygens (including phenoxy) is 1. The van der Waals surface area contributed by atoms with Crippen molar-refractivity contribution in [2.24, 2.45) is 0 Å². The van der Waals surface area contributed by atoms with Gasteiger partial charge in [0.05, 0.1) is 11.0 Å². The van der Waals surface area contributed by atoms with E-state index < -0.39 is 4.92 Å². The van der Waals surface area contributed by atoms with Crippen LogP contribution in [-0.2, 0) is 6.42 Å². The number of hydrogen-bond acceptors (Lipinski definition) is 4. The van der Waals surface area contributed by atoms with E-state index in [1.807, 2.05) is 13.0 Å². The zero-order valence-electron chi connectivity index (χ0n) is 9.63. The molecule has 17 heavy (non-hydrogen) atoms. The molecule has 5 heteroatoms. The van der Waals surface area contributed by atoms with Crippen molar-refractivity contribution in [3.63, 3.8) is 0 Å². The van der Waals surface area contributed by atoms with Gasteiger partial charge in [-0.05, 0) is 18.1 Å². The predicted octanol–water partition coefficient (Wildman–Crippen LogP) is 2.06. The highest BCUT2D eigenvalue weighted by Gasteiger charge is 2.30. The van der Waals surface area contributed by atoms with Gasteiger partial charge in [-0.2, -0.15) is 0 Å². The number of aryl methyl sites for hydroxylation is 1. The van der Waals surface area contributed by atoms with Gasteiger partial charge >= 0.3 is 5.69 Å². The highest BCUT2D eigenvalue weighted by Crippen LogP contribution is 2.33. The van der Waals surface area contributed by atoms with Crippen molar-refractivity contribution >= 4 is 5.69 Å². The van der Waals surface area contributed by atoms with Crippen LogP contribution < -0.4 is 4.74 Å². The SMILES string of the molecule is CCc1ccc(OC2CC(O)C2)c([N+](=O)[O-])c1. The molecule has 0 saturated heterocycles. The Hall–Kier alpha value is -1.62. The van der Waals surface area contributed by atoms with Crippen molar-refractivity contribution < 1.29 is 14.8 Å². The van der Waals surface area contributed by atoms with E-state index in [0.29, 0.717) is 18.6 Å². The van der Waals surface area contributed by atoms with Crippen molar-refractivity contribution in [3.8, 4) is 5.75 Å². The molecule has 1 aromatic rings. The summed E-state index contributed by atoms with van der Waals surface area (Å²) in [7, 11) is 0. The second kappa shape index (κ2) is 4.71. The van der Waals surface area contributed by atoms with Crippen LogP contribution in [0.4, 0.5) is 5.69 Å². The minimum Gasteiger partial charge on any atom is -0.483 e. The fourth-order valence-electron chi connectivity index (χ4n) is 1.84. The molecule has 1 aromatic carbocycles. The molecule has 1 saturated carbocycles. The van der Waals surface area contributed by atoms with E-state index >= 15 is 0 Å². The van der Waals surface area contributed by atoms with Crippen LogP contribution in [0.2, 0.25) is 0 Å². The molecule has 0 radical (unpaired) electrons. The van der Waals surface area contributed by atoms with Gasteiger partial charge in [0.1, 0.15) is 6.10 Å². The molecule has 1 fully saturated rings. The summed E-state index contributed by atoms with van der Waals surface area (Å²) in [5, 5.41) is 20.1. The van der Waals surface area contributed by atoms with Crippen LogP contribution >= 0.6 is 0 Å². The predicted molar refractivity (Wildman–Crippen MR) is 62.1 cm³/mol. The number of aliphatic hydroxyl groups excluding tert-OH is 1. The Balaban J connectivity index is 2.17. The van der Waals surface area contributed by atoms with Crippen molar-refractivity contribution in [1.82, 2.24) is 0 Å². The van der Waals surface area contributed by atoms with Crippen molar-refractivity contribution in [2.75, 3.05) is 0 Å². The summed E-state index contributed by atoms with van der Waals surface area (Å²) in [6.07, 6.45) is 1.42. The lowest BCUT2D eigenvalue weighted by Crippen LogP contribution is -2.37. The number of nitrogens with zero attached hydrogens (tertiary/aromatic N) is 1. The average Bonchev–Trinajstić information content (AvgIpc) is 2.27. The third-order valence-electron chi connectivity index (χ3n) is 2.99. The molecule has 2 rings (SSSR count). The van der Waals surface area contributed by atoms with Gasteiger partial charge in [-0.15, -0.1) is 0 Å². The van der Waals surface area contributed by atoms with Gasteiger partial charge in [-0.1, -0.05) is 13.0 Å². The summed E-state index contributed by atoms with van der Waals surface area (Å²) in [5.74, 6) is 0.295. The maximum atomic E-state index is 10.9. The monoisotopic (exact) mass is 237 g/mol. The second-order valence-electron chi connectivity index (χ2n) is 4.28. The molecule has 0 amide bonds. The number of nitro groups is 1. The Bertz CT molecular complexity index is 427. The van der Waals surface area contributed by atoms with Crippen LogP contribution in [0, 0.1) is 10.1 Å². The second-order valence-corrected chi connectivity index (χ2v) is 4.28. The van der Waals surface area contributed by atoms with Crippen LogP contribution in [0.25, 0.3) is 0 Å². The fraction of sp³-hybridized carbons (Fsp3) is 0.500. The van der Waals surface area contributed by atoms with Gasteiger partial charge in [0.15, 0.2) is 5.75 Å². The van der Waals surface area contributed by atoms with Gasteiger partial charge in [0, 0.05) is 18.9 Å². The Morgan fingerprint density at radius 3 is 2.76 bits per heavy atom. The zero-order chi connectivity index (χ0) is 12.4. The molecule has 0 spiro atoms. The highest BCUT2D eigenvalue weighted by molar-refractivity contribution is 5.48. The summed E-state index contributed by atoms with van der Waals surface area (Å²) in [4.78, 5) is 10.5. The van der Waals surface area contributed by atoms with Crippen LogP contribution in [-0.4, -0.2) is 22.2 Å². The van der Waals surface area contributed by atoms with Gasteiger partial charge in [0.25, 0.3) is 0 Å². The molecule has 0 aromatic heterocycles. The van der Waals surface area contributed by atoms with E-state index in [1.54, 1.807) is 12.1 Å². The first-order valence-electron chi connectivity index (χ1n) is 5.72. The molecule has 0 unspecified atom stereocenters. The Morgan fingerprint density at radius 2 is 2.24 bits per heavy atom. The number of aliphatic hydroxyl groups is 1. The first kappa shape index (κ1) is 11.9. The fourth-order valence-corrected chi connectivity index (χ4v) is 1.84. The van der Waals surface area contributed by atoms with Crippen molar-refractivity contribution in [1.29, 1.82) is 0 Å². The van der Waals surface area contributed by atoms with Crippen LogP contribution in [0.1, 0.15) is 25.3 Å². The van der Waals surface area contributed by atoms with E-state index in [0.717, 1.165) is 12.0 Å². The van der Waals surface area contributed by atoms with Gasteiger partial charge < -0.3 is 9.84 Å². The van der Waals surface area contributed by atoms with Crippen molar-refractivity contribution in [2.45, 2.75) is 38.4 Å². The molecule has 0 heterocycles. The number of nitro benzene ring substituents is 1. The molecule has 1 N–H and O–H groups in total. The molecule has 1 aliphatic rings. The molecule has 1 aliphatic carbocycles. The smallest absolute Gasteiger partial charge is 0.311 e. The Labute approximate surface area is 99.2 Å². The average molecular weight is 237 g/mol. The number of rotatable bonds is 4. The third kappa shape index (κ3) is 2.55. The summed E-state index contributed by atoms with van der Waals surface area (Å²) >= 11 is 0. The van der Waals surface area contributed by atoms with Crippen LogP contribution in [0.15, 0.2) is 18.2 Å². The molecule has 5 nitrogen and oxygen atoms in total. The van der Waals surface area contributed by atoms with Gasteiger partial charge in [0.2, 0.25) is 0 Å². The number of benzene rings is 1. The normalized spacial score (nSPS) is 22.9. The summed E-state index contributed by atoms with van der Waals surface area (Å²) in [5.41, 5.74) is 0.920. The van der Waals surface area contributed by atoms with Crippen LogP contribution in [0.5, 0.6) is 5.75 Å². The highest BCUT2D eigenvalue weighted by atomic mass is 16.6. The molecule has 92 valence electrons. The standard InChI is InChI=1S/C12H15NO4/c1-2-8-3-4-12(11(5-8)13(15)16)17-10-6-9(14)7-10/h3-5,9-10,14H,2,6-7H2,1H3. The van der Waals surface area contributed by atoms with E-state index in [4.69, 9.17) is 9.84 Å². The lowest BCUT2D eigenvalue weighted by molar-refractivity contribution is -0.386. The van der Waals surface area contributed by atoms with Crippen molar-refractivity contribution in [3.05, 3.63) is 33.9 Å². The third-order valence-corrected chi connectivity index (χ3v) is 2.99. The molecular formula is C12H15NO4. The largest absolute Gasteiger partial charge is 0.483 e. The molecule has 0 bridgehead atoms. The van der Waals surface area contributed by atoms with E-state index in [2.05, 4.69) is 0 Å². The van der Waals surface area contributed by atoms with E-state index in [-0.39, 0.29) is 17.9 Å². The quantitative estimate of drug-likeness (QED) is 0.642. The summed E-state index contributed by atoms with van der Waals surface area (Å²) < 4.78 is 5.51. The minimum atomic E-state index is -0.427. The summed E-state index contributed by atoms with van der Waals surface area (Å²) in [6.45, 7) is 1.95. The zero-order valence-corrected chi connectivity index (χ0v) is 9.63. The minimum absolute atomic E-state index is 0.00531. The molecule has 0 atom stereocenters. The van der Waals surface area contributed by atoms with Gasteiger partial charge in [-0.25, -0.2) is 0 Å². The Kier molecular flexibility index (Phi) is 3.28. The first-order chi connectivity index (χ1) is 8.10. The first-order valence-corrected chi connectivity index (χ1v) is 5.72.